The lowest BCUT2D eigenvalue weighted by Crippen LogP contribution is -2.29. The Hall–Kier alpha value is -2.30. The summed E-state index contributed by atoms with van der Waals surface area (Å²) < 4.78 is 0. The molecule has 1 heterocycles. The van der Waals surface area contributed by atoms with E-state index in [-0.39, 0.29) is 40.4 Å². The van der Waals surface area contributed by atoms with Crippen molar-refractivity contribution in [3.8, 4) is 0 Å². The first kappa shape index (κ1) is 16.8. The van der Waals surface area contributed by atoms with Gasteiger partial charge >= 0.3 is 0 Å². The highest BCUT2D eigenvalue weighted by Gasteiger charge is 2.36. The van der Waals surface area contributed by atoms with Crippen LogP contribution in [0.5, 0.6) is 0 Å². The topological polar surface area (TPSA) is 71.5 Å². The lowest BCUT2D eigenvalue weighted by Gasteiger charge is -2.08. The molecule has 2 amide bonds. The van der Waals surface area contributed by atoms with Crippen molar-refractivity contribution < 1.29 is 19.2 Å². The Morgan fingerprint density at radius 2 is 1.24 bits per heavy atom. The third-order valence-electron chi connectivity index (χ3n) is 3.18. The van der Waals surface area contributed by atoms with Crippen LogP contribution in [0.15, 0.2) is 12.1 Å². The molecular weight excluding hydrogens is 270 g/mol. The van der Waals surface area contributed by atoms with Crippen LogP contribution in [-0.2, 0) is 0 Å². The SMILES string of the molecule is CC.CCN1C(=O)c2cc(C(C)=O)c(C(C)=O)cc2C1=O. The highest BCUT2D eigenvalue weighted by molar-refractivity contribution is 6.23. The molecule has 0 fully saturated rings. The Morgan fingerprint density at radius 1 is 0.905 bits per heavy atom. The number of carbonyl (C=O) groups excluding carboxylic acids is 4. The van der Waals surface area contributed by atoms with E-state index in [1.54, 1.807) is 6.92 Å². The quantitative estimate of drug-likeness (QED) is 0.633. The van der Waals surface area contributed by atoms with Crippen molar-refractivity contribution in [2.45, 2.75) is 34.6 Å². The van der Waals surface area contributed by atoms with E-state index in [1.807, 2.05) is 13.8 Å². The average molecular weight is 289 g/mol. The fourth-order valence-electron chi connectivity index (χ4n) is 2.21. The minimum Gasteiger partial charge on any atom is -0.294 e. The maximum atomic E-state index is 12.0. The number of carbonyl (C=O) groups is 4. The number of fused-ring (bicyclic) bond motifs is 1. The summed E-state index contributed by atoms with van der Waals surface area (Å²) in [6, 6.07) is 2.70. The highest BCUT2D eigenvalue weighted by Crippen LogP contribution is 2.26. The fourth-order valence-corrected chi connectivity index (χ4v) is 2.21. The van der Waals surface area contributed by atoms with Gasteiger partial charge in [0, 0.05) is 17.7 Å². The number of amides is 2. The molecule has 1 aromatic rings. The molecule has 1 aromatic carbocycles. The van der Waals surface area contributed by atoms with Gasteiger partial charge in [-0.2, -0.15) is 0 Å². The summed E-state index contributed by atoms with van der Waals surface area (Å²) >= 11 is 0. The molecule has 0 saturated carbocycles. The minimum atomic E-state index is -0.417. The first-order valence-corrected chi connectivity index (χ1v) is 6.94. The van der Waals surface area contributed by atoms with Crippen molar-refractivity contribution in [2.24, 2.45) is 0 Å². The van der Waals surface area contributed by atoms with E-state index < -0.39 is 11.8 Å². The van der Waals surface area contributed by atoms with Crippen LogP contribution in [0, 0.1) is 0 Å². The van der Waals surface area contributed by atoms with Crippen LogP contribution < -0.4 is 0 Å². The number of hydrogen-bond acceptors (Lipinski definition) is 4. The second kappa shape index (κ2) is 6.43. The number of benzene rings is 1. The lowest BCUT2D eigenvalue weighted by atomic mass is 9.95. The van der Waals surface area contributed by atoms with E-state index in [1.165, 1.54) is 26.0 Å². The van der Waals surface area contributed by atoms with Gasteiger partial charge in [-0.05, 0) is 32.9 Å². The molecule has 0 saturated heterocycles. The summed E-state index contributed by atoms with van der Waals surface area (Å²) in [5, 5.41) is 0. The molecule has 1 aliphatic heterocycles. The van der Waals surface area contributed by atoms with Gasteiger partial charge in [0.2, 0.25) is 0 Å². The first-order valence-electron chi connectivity index (χ1n) is 6.94. The van der Waals surface area contributed by atoms with E-state index in [9.17, 15) is 19.2 Å². The van der Waals surface area contributed by atoms with Crippen LogP contribution in [0.25, 0.3) is 0 Å². The van der Waals surface area contributed by atoms with Gasteiger partial charge in [-0.3, -0.25) is 24.1 Å². The second-order valence-corrected chi connectivity index (χ2v) is 4.41. The molecule has 2 rings (SSSR count). The largest absolute Gasteiger partial charge is 0.294 e. The van der Waals surface area contributed by atoms with Gasteiger partial charge in [0.15, 0.2) is 11.6 Å². The smallest absolute Gasteiger partial charge is 0.261 e. The molecule has 21 heavy (non-hydrogen) atoms. The van der Waals surface area contributed by atoms with Crippen LogP contribution in [0.2, 0.25) is 0 Å². The monoisotopic (exact) mass is 289 g/mol. The van der Waals surface area contributed by atoms with Crippen LogP contribution in [0.1, 0.15) is 76.1 Å². The normalized spacial score (nSPS) is 12.7. The zero-order valence-electron chi connectivity index (χ0n) is 12.9. The Balaban J connectivity index is 0.00000106. The van der Waals surface area contributed by atoms with Crippen LogP contribution in [0.3, 0.4) is 0 Å². The number of rotatable bonds is 3. The lowest BCUT2D eigenvalue weighted by molar-refractivity contribution is 0.0662. The Bertz CT molecular complexity index is 578. The van der Waals surface area contributed by atoms with Gasteiger partial charge in [-0.1, -0.05) is 13.8 Å². The summed E-state index contributed by atoms with van der Waals surface area (Å²) in [6.45, 7) is 8.61. The molecule has 112 valence electrons. The van der Waals surface area contributed by atoms with E-state index in [4.69, 9.17) is 0 Å². The van der Waals surface area contributed by atoms with Crippen molar-refractivity contribution in [1.29, 1.82) is 0 Å². The standard InChI is InChI=1S/C14H13NO4.C2H6/c1-4-15-13(18)11-5-9(7(2)16)10(8(3)17)6-12(11)14(15)19;1-2/h5-6H,4H2,1-3H3;1-2H3. The number of ketones is 2. The summed E-state index contributed by atoms with van der Waals surface area (Å²) in [4.78, 5) is 48.2. The van der Waals surface area contributed by atoms with Gasteiger partial charge in [0.05, 0.1) is 11.1 Å². The first-order chi connectivity index (χ1) is 9.88. The third kappa shape index (κ3) is 2.77. The number of Topliss-reactive ketones (excluding diaryl/α,β-unsaturated/α-hetero) is 2. The van der Waals surface area contributed by atoms with Gasteiger partial charge in [0.1, 0.15) is 0 Å². The fraction of sp³-hybridized carbons (Fsp3) is 0.375. The third-order valence-corrected chi connectivity index (χ3v) is 3.18. The van der Waals surface area contributed by atoms with E-state index >= 15 is 0 Å². The maximum Gasteiger partial charge on any atom is 0.261 e. The molecule has 1 aliphatic rings. The molecular formula is C16H19NO4. The minimum absolute atomic E-state index is 0.186. The van der Waals surface area contributed by atoms with Crippen molar-refractivity contribution in [3.63, 3.8) is 0 Å². The van der Waals surface area contributed by atoms with E-state index in [0.29, 0.717) is 0 Å². The molecule has 0 radical (unpaired) electrons. The van der Waals surface area contributed by atoms with E-state index in [2.05, 4.69) is 0 Å². The number of hydrogen-bond donors (Lipinski definition) is 0. The molecule has 5 nitrogen and oxygen atoms in total. The molecule has 0 aliphatic carbocycles. The van der Waals surface area contributed by atoms with Crippen LogP contribution >= 0.6 is 0 Å². The molecule has 0 N–H and O–H groups in total. The van der Waals surface area contributed by atoms with Gasteiger partial charge in [-0.25, -0.2) is 0 Å². The predicted molar refractivity (Wildman–Crippen MR) is 78.8 cm³/mol. The summed E-state index contributed by atoms with van der Waals surface area (Å²) in [5.74, 6) is -1.44. The van der Waals surface area contributed by atoms with Crippen molar-refractivity contribution in [3.05, 3.63) is 34.4 Å². The summed E-state index contributed by atoms with van der Waals surface area (Å²) in [6.07, 6.45) is 0. The Labute approximate surface area is 123 Å². The number of imide groups is 1. The predicted octanol–water partition coefficient (Wildman–Crippen LogP) is 2.73. The number of nitrogens with zero attached hydrogens (tertiary/aromatic N) is 1. The molecule has 0 unspecified atom stereocenters. The zero-order chi connectivity index (χ0) is 16.3. The Morgan fingerprint density at radius 3 is 1.48 bits per heavy atom. The van der Waals surface area contributed by atoms with Gasteiger partial charge < -0.3 is 0 Å². The van der Waals surface area contributed by atoms with Gasteiger partial charge in [-0.15, -0.1) is 0 Å². The van der Waals surface area contributed by atoms with Crippen molar-refractivity contribution in [2.75, 3.05) is 6.54 Å². The molecule has 0 bridgehead atoms. The molecule has 0 aromatic heterocycles. The van der Waals surface area contributed by atoms with Crippen LogP contribution in [0.4, 0.5) is 0 Å². The summed E-state index contributed by atoms with van der Waals surface area (Å²) in [5.41, 5.74) is 0.764. The van der Waals surface area contributed by atoms with Crippen molar-refractivity contribution in [1.82, 2.24) is 4.90 Å². The van der Waals surface area contributed by atoms with Crippen LogP contribution in [-0.4, -0.2) is 34.8 Å². The average Bonchev–Trinajstić information content (AvgIpc) is 2.70. The zero-order valence-corrected chi connectivity index (χ0v) is 12.9. The van der Waals surface area contributed by atoms with Gasteiger partial charge in [0.25, 0.3) is 11.8 Å². The molecule has 0 atom stereocenters. The molecule has 5 heteroatoms. The Kier molecular flexibility index (Phi) is 5.13. The highest BCUT2D eigenvalue weighted by atomic mass is 16.2. The molecule has 0 spiro atoms. The second-order valence-electron chi connectivity index (χ2n) is 4.41. The summed E-state index contributed by atoms with van der Waals surface area (Å²) in [7, 11) is 0. The van der Waals surface area contributed by atoms with E-state index in [0.717, 1.165) is 4.90 Å². The maximum absolute atomic E-state index is 12.0. The van der Waals surface area contributed by atoms with Crippen molar-refractivity contribution >= 4 is 23.4 Å².